The maximum absolute atomic E-state index is 4.70. The first kappa shape index (κ1) is 20.1. The SMILES string of the molecule is Cc1nn(Cc2ccccc2)c(C)c1/C=N/Nc1ncnc2scc(-c3ccccc3)c12. The van der Waals surface area contributed by atoms with E-state index in [9.17, 15) is 0 Å². The average molecular weight is 439 g/mol. The van der Waals surface area contributed by atoms with Crippen molar-refractivity contribution in [2.24, 2.45) is 5.10 Å². The molecule has 0 unspecified atom stereocenters. The molecule has 0 saturated carbocycles. The van der Waals surface area contributed by atoms with E-state index < -0.39 is 0 Å². The number of fused-ring (bicyclic) bond motifs is 1. The highest BCUT2D eigenvalue weighted by Crippen LogP contribution is 2.36. The number of hydrogen-bond donors (Lipinski definition) is 1. The lowest BCUT2D eigenvalue weighted by molar-refractivity contribution is 0.659. The highest BCUT2D eigenvalue weighted by molar-refractivity contribution is 7.17. The van der Waals surface area contributed by atoms with Crippen molar-refractivity contribution in [2.45, 2.75) is 20.4 Å². The first-order valence-electron chi connectivity index (χ1n) is 10.4. The summed E-state index contributed by atoms with van der Waals surface area (Å²) in [6.07, 6.45) is 3.39. The maximum Gasteiger partial charge on any atom is 0.159 e. The zero-order valence-corrected chi connectivity index (χ0v) is 18.7. The van der Waals surface area contributed by atoms with E-state index in [-0.39, 0.29) is 0 Å². The van der Waals surface area contributed by atoms with Crippen LogP contribution in [-0.2, 0) is 6.54 Å². The van der Waals surface area contributed by atoms with E-state index in [0.29, 0.717) is 5.82 Å². The lowest BCUT2D eigenvalue weighted by atomic mass is 10.1. The highest BCUT2D eigenvalue weighted by atomic mass is 32.1. The fraction of sp³-hybridized carbons (Fsp3) is 0.120. The van der Waals surface area contributed by atoms with Crippen molar-refractivity contribution in [3.8, 4) is 11.1 Å². The van der Waals surface area contributed by atoms with E-state index in [2.05, 4.69) is 57.1 Å². The molecule has 3 aromatic heterocycles. The number of rotatable bonds is 6. The second-order valence-electron chi connectivity index (χ2n) is 7.52. The predicted octanol–water partition coefficient (Wildman–Crippen LogP) is 5.67. The van der Waals surface area contributed by atoms with E-state index in [4.69, 9.17) is 5.10 Å². The van der Waals surface area contributed by atoms with Crippen molar-refractivity contribution in [2.75, 3.05) is 5.43 Å². The largest absolute Gasteiger partial charge is 0.265 e. The summed E-state index contributed by atoms with van der Waals surface area (Å²) in [6, 6.07) is 20.6. The van der Waals surface area contributed by atoms with Gasteiger partial charge in [-0.25, -0.2) is 9.97 Å². The number of nitrogens with one attached hydrogen (secondary N) is 1. The minimum absolute atomic E-state index is 0.693. The number of aromatic nitrogens is 4. The quantitative estimate of drug-likeness (QED) is 0.274. The Hall–Kier alpha value is -3.84. The van der Waals surface area contributed by atoms with Gasteiger partial charge in [0.05, 0.1) is 23.8 Å². The third-order valence-corrected chi connectivity index (χ3v) is 6.32. The average Bonchev–Trinajstić information content (AvgIpc) is 3.37. The number of nitrogens with zero attached hydrogens (tertiary/aromatic N) is 5. The Balaban J connectivity index is 1.42. The molecule has 1 N–H and O–H groups in total. The topological polar surface area (TPSA) is 68.0 Å². The summed E-state index contributed by atoms with van der Waals surface area (Å²) in [4.78, 5) is 9.81. The first-order chi connectivity index (χ1) is 15.7. The Bertz CT molecular complexity index is 1390. The second kappa shape index (κ2) is 8.72. The fourth-order valence-corrected chi connectivity index (χ4v) is 4.67. The summed E-state index contributed by atoms with van der Waals surface area (Å²) in [5.41, 5.74) is 9.61. The van der Waals surface area contributed by atoms with E-state index >= 15 is 0 Å². The van der Waals surface area contributed by atoms with Crippen molar-refractivity contribution in [1.82, 2.24) is 19.7 Å². The molecule has 3 heterocycles. The summed E-state index contributed by atoms with van der Waals surface area (Å²) in [6.45, 7) is 4.81. The molecule has 7 heteroatoms. The molecule has 32 heavy (non-hydrogen) atoms. The molecule has 6 nitrogen and oxygen atoms in total. The van der Waals surface area contributed by atoms with Gasteiger partial charge in [0.25, 0.3) is 0 Å². The van der Waals surface area contributed by atoms with Gasteiger partial charge in [-0.15, -0.1) is 11.3 Å². The van der Waals surface area contributed by atoms with Crippen LogP contribution in [0.4, 0.5) is 5.82 Å². The fourth-order valence-electron chi connectivity index (χ4n) is 3.76. The van der Waals surface area contributed by atoms with Crippen molar-refractivity contribution >= 4 is 33.6 Å². The number of benzene rings is 2. The Morgan fingerprint density at radius 3 is 2.53 bits per heavy atom. The van der Waals surface area contributed by atoms with Gasteiger partial charge < -0.3 is 0 Å². The van der Waals surface area contributed by atoms with Crippen LogP contribution in [0.3, 0.4) is 0 Å². The summed E-state index contributed by atoms with van der Waals surface area (Å²) in [7, 11) is 0. The van der Waals surface area contributed by atoms with Gasteiger partial charge in [-0.1, -0.05) is 60.7 Å². The minimum Gasteiger partial charge on any atom is -0.265 e. The van der Waals surface area contributed by atoms with E-state index in [1.165, 1.54) is 5.56 Å². The van der Waals surface area contributed by atoms with Gasteiger partial charge in [0, 0.05) is 22.2 Å². The van der Waals surface area contributed by atoms with E-state index in [1.807, 2.05) is 54.2 Å². The molecular formula is C25H22N6S. The number of hydrogen-bond acceptors (Lipinski definition) is 6. The van der Waals surface area contributed by atoms with Gasteiger partial charge in [0.2, 0.25) is 0 Å². The number of thiophene rings is 1. The molecule has 0 amide bonds. The normalized spacial score (nSPS) is 11.4. The molecule has 0 atom stereocenters. The molecule has 0 spiro atoms. The Morgan fingerprint density at radius 1 is 1.00 bits per heavy atom. The van der Waals surface area contributed by atoms with E-state index in [0.717, 1.165) is 44.8 Å². The minimum atomic E-state index is 0.693. The molecule has 158 valence electrons. The Labute approximate surface area is 190 Å². The third kappa shape index (κ3) is 3.90. The van der Waals surface area contributed by atoms with Gasteiger partial charge in [-0.3, -0.25) is 10.1 Å². The molecule has 0 aliphatic carbocycles. The molecule has 0 aliphatic heterocycles. The van der Waals surface area contributed by atoms with Gasteiger partial charge in [0.1, 0.15) is 11.2 Å². The van der Waals surface area contributed by atoms with E-state index in [1.54, 1.807) is 17.7 Å². The predicted molar refractivity (Wildman–Crippen MR) is 131 cm³/mol. The van der Waals surface area contributed by atoms with Crippen LogP contribution in [0.5, 0.6) is 0 Å². The lowest BCUT2D eigenvalue weighted by Crippen LogP contribution is -2.04. The Kier molecular flexibility index (Phi) is 5.47. The Morgan fingerprint density at radius 2 is 1.75 bits per heavy atom. The number of aryl methyl sites for hydroxylation is 1. The first-order valence-corrected chi connectivity index (χ1v) is 11.2. The molecule has 5 rings (SSSR count). The monoisotopic (exact) mass is 438 g/mol. The molecule has 0 bridgehead atoms. The molecule has 2 aromatic carbocycles. The lowest BCUT2D eigenvalue weighted by Gasteiger charge is -2.05. The van der Waals surface area contributed by atoms with Crippen LogP contribution in [0.15, 0.2) is 77.5 Å². The van der Waals surface area contributed by atoms with Crippen LogP contribution < -0.4 is 5.43 Å². The second-order valence-corrected chi connectivity index (χ2v) is 8.37. The van der Waals surface area contributed by atoms with Gasteiger partial charge in [-0.2, -0.15) is 10.2 Å². The van der Waals surface area contributed by atoms with Crippen molar-refractivity contribution in [1.29, 1.82) is 0 Å². The maximum atomic E-state index is 4.70. The van der Waals surface area contributed by atoms with Crippen LogP contribution in [0.25, 0.3) is 21.3 Å². The van der Waals surface area contributed by atoms with Crippen molar-refractivity contribution in [3.63, 3.8) is 0 Å². The zero-order chi connectivity index (χ0) is 21.9. The smallest absolute Gasteiger partial charge is 0.159 e. The zero-order valence-electron chi connectivity index (χ0n) is 17.9. The van der Waals surface area contributed by atoms with Crippen LogP contribution >= 0.6 is 11.3 Å². The van der Waals surface area contributed by atoms with Crippen LogP contribution in [-0.4, -0.2) is 26.0 Å². The summed E-state index contributed by atoms with van der Waals surface area (Å²) >= 11 is 1.61. The molecule has 0 aliphatic rings. The van der Waals surface area contributed by atoms with Crippen molar-refractivity contribution in [3.05, 3.63) is 94.9 Å². The molecule has 0 fully saturated rings. The molecular weight excluding hydrogens is 416 g/mol. The summed E-state index contributed by atoms with van der Waals surface area (Å²) in [5, 5.41) is 12.3. The van der Waals surface area contributed by atoms with Gasteiger partial charge >= 0.3 is 0 Å². The number of hydrazone groups is 1. The van der Waals surface area contributed by atoms with Gasteiger partial charge in [0.15, 0.2) is 5.82 Å². The molecule has 0 radical (unpaired) electrons. The third-order valence-electron chi connectivity index (χ3n) is 5.43. The van der Waals surface area contributed by atoms with Crippen LogP contribution in [0.1, 0.15) is 22.5 Å². The van der Waals surface area contributed by atoms with Gasteiger partial charge in [-0.05, 0) is 25.0 Å². The summed E-state index contributed by atoms with van der Waals surface area (Å²) in [5.74, 6) is 0.693. The molecule has 0 saturated heterocycles. The standard InChI is InChI=1S/C25H22N6S/c1-17-21(18(2)31(30-17)14-19-9-5-3-6-10-19)13-28-29-24-23-22(20-11-7-4-8-12-20)15-32-25(23)27-16-26-24/h3-13,15-16H,14H2,1-2H3,(H,26,27,29)/b28-13+. The summed E-state index contributed by atoms with van der Waals surface area (Å²) < 4.78 is 2.02. The highest BCUT2D eigenvalue weighted by Gasteiger charge is 2.13. The number of anilines is 1. The van der Waals surface area contributed by atoms with Crippen LogP contribution in [0, 0.1) is 13.8 Å². The molecule has 5 aromatic rings. The van der Waals surface area contributed by atoms with Crippen molar-refractivity contribution < 1.29 is 0 Å². The van der Waals surface area contributed by atoms with Crippen LogP contribution in [0.2, 0.25) is 0 Å².